The monoisotopic (exact) mass is 299 g/mol. The highest BCUT2D eigenvalue weighted by atomic mass is 16.6. The fourth-order valence-electron chi connectivity index (χ4n) is 2.05. The number of nitrogens with zero attached hydrogens (tertiary/aromatic N) is 1. The number of carboxylic acids is 1. The summed E-state index contributed by atoms with van der Waals surface area (Å²) in [5, 5.41) is 20.2. The van der Waals surface area contributed by atoms with Crippen LogP contribution in [0.1, 0.15) is 34.3 Å². The second kappa shape index (κ2) is 6.17. The van der Waals surface area contributed by atoms with Crippen LogP contribution in [-0.2, 0) is 4.79 Å². The minimum absolute atomic E-state index is 0.109. The first-order chi connectivity index (χ1) is 10.4. The van der Waals surface area contributed by atoms with Gasteiger partial charge in [-0.3, -0.25) is 19.7 Å². The van der Waals surface area contributed by atoms with Crippen molar-refractivity contribution >= 4 is 17.4 Å². The van der Waals surface area contributed by atoms with Gasteiger partial charge in [0.25, 0.3) is 5.69 Å². The first-order valence-corrected chi connectivity index (χ1v) is 6.52. The van der Waals surface area contributed by atoms with Crippen molar-refractivity contribution in [2.24, 2.45) is 0 Å². The minimum atomic E-state index is -1.06. The number of hydrogen-bond donors (Lipinski definition) is 1. The molecule has 0 radical (unpaired) electrons. The number of rotatable bonds is 5. The third-order valence-electron chi connectivity index (χ3n) is 3.37. The molecular weight excluding hydrogens is 286 g/mol. The zero-order valence-electron chi connectivity index (χ0n) is 11.7. The molecule has 0 bridgehead atoms. The second-order valence-corrected chi connectivity index (χ2v) is 4.79. The number of hydrogen-bond acceptors (Lipinski definition) is 4. The van der Waals surface area contributed by atoms with E-state index in [2.05, 4.69) is 0 Å². The van der Waals surface area contributed by atoms with Crippen LogP contribution >= 0.6 is 0 Å². The SMILES string of the molecule is CC(C(=O)O)c1ccc([N+](=O)[O-])c(C(=O)c2ccccc2)c1. The number of carbonyl (C=O) groups is 2. The van der Waals surface area contributed by atoms with E-state index >= 15 is 0 Å². The molecule has 2 rings (SSSR count). The smallest absolute Gasteiger partial charge is 0.310 e. The van der Waals surface area contributed by atoms with Gasteiger partial charge >= 0.3 is 5.97 Å². The van der Waals surface area contributed by atoms with Crippen LogP contribution in [0, 0.1) is 10.1 Å². The van der Waals surface area contributed by atoms with Crippen LogP contribution in [0.2, 0.25) is 0 Å². The molecule has 0 aromatic heterocycles. The lowest BCUT2D eigenvalue weighted by atomic mass is 9.94. The molecule has 2 aromatic rings. The van der Waals surface area contributed by atoms with Crippen molar-refractivity contribution in [1.82, 2.24) is 0 Å². The second-order valence-electron chi connectivity index (χ2n) is 4.79. The Labute approximate surface area is 126 Å². The number of ketones is 1. The Balaban J connectivity index is 2.56. The molecule has 0 aliphatic rings. The van der Waals surface area contributed by atoms with Crippen molar-refractivity contribution in [3.05, 3.63) is 75.3 Å². The van der Waals surface area contributed by atoms with Crippen molar-refractivity contribution in [2.75, 3.05) is 0 Å². The average Bonchev–Trinajstić information content (AvgIpc) is 2.53. The van der Waals surface area contributed by atoms with E-state index in [1.54, 1.807) is 30.3 Å². The fourth-order valence-corrected chi connectivity index (χ4v) is 2.05. The van der Waals surface area contributed by atoms with E-state index in [1.165, 1.54) is 25.1 Å². The van der Waals surface area contributed by atoms with Crippen molar-refractivity contribution < 1.29 is 19.6 Å². The van der Waals surface area contributed by atoms with E-state index in [0.29, 0.717) is 11.1 Å². The summed E-state index contributed by atoms with van der Waals surface area (Å²) < 4.78 is 0. The van der Waals surface area contributed by atoms with Crippen LogP contribution in [0.4, 0.5) is 5.69 Å². The summed E-state index contributed by atoms with van der Waals surface area (Å²) in [6.07, 6.45) is 0. The summed E-state index contributed by atoms with van der Waals surface area (Å²) >= 11 is 0. The predicted molar refractivity (Wildman–Crippen MR) is 79.0 cm³/mol. The van der Waals surface area contributed by atoms with Crippen LogP contribution in [-0.4, -0.2) is 21.8 Å². The molecule has 6 heteroatoms. The van der Waals surface area contributed by atoms with Gasteiger partial charge in [0, 0.05) is 11.6 Å². The molecule has 0 heterocycles. The number of nitro benzene ring substituents is 1. The molecule has 112 valence electrons. The minimum Gasteiger partial charge on any atom is -0.481 e. The maximum atomic E-state index is 12.5. The lowest BCUT2D eigenvalue weighted by molar-refractivity contribution is -0.385. The highest BCUT2D eigenvalue weighted by Crippen LogP contribution is 2.26. The Morgan fingerprint density at radius 3 is 2.32 bits per heavy atom. The van der Waals surface area contributed by atoms with Gasteiger partial charge in [-0.25, -0.2) is 0 Å². The van der Waals surface area contributed by atoms with Gasteiger partial charge < -0.3 is 5.11 Å². The normalized spacial score (nSPS) is 11.7. The molecular formula is C16H13NO5. The Morgan fingerprint density at radius 2 is 1.77 bits per heavy atom. The van der Waals surface area contributed by atoms with E-state index in [1.807, 2.05) is 0 Å². The number of nitro groups is 1. The molecule has 1 atom stereocenters. The van der Waals surface area contributed by atoms with Crippen molar-refractivity contribution in [3.63, 3.8) is 0 Å². The highest BCUT2D eigenvalue weighted by Gasteiger charge is 2.24. The fraction of sp³-hybridized carbons (Fsp3) is 0.125. The molecule has 6 nitrogen and oxygen atoms in total. The van der Waals surface area contributed by atoms with Crippen LogP contribution in [0.15, 0.2) is 48.5 Å². The quantitative estimate of drug-likeness (QED) is 0.520. The molecule has 1 N–H and O–H groups in total. The molecule has 0 fully saturated rings. The summed E-state index contributed by atoms with van der Waals surface area (Å²) in [7, 11) is 0. The largest absolute Gasteiger partial charge is 0.481 e. The van der Waals surface area contributed by atoms with E-state index in [9.17, 15) is 19.7 Å². The first-order valence-electron chi connectivity index (χ1n) is 6.52. The molecule has 0 aliphatic carbocycles. The van der Waals surface area contributed by atoms with Gasteiger partial charge in [0.15, 0.2) is 5.78 Å². The summed E-state index contributed by atoms with van der Waals surface area (Å²) in [5.41, 5.74) is 0.208. The lowest BCUT2D eigenvalue weighted by Crippen LogP contribution is -2.11. The molecule has 0 amide bonds. The van der Waals surface area contributed by atoms with Crippen LogP contribution in [0.25, 0.3) is 0 Å². The van der Waals surface area contributed by atoms with E-state index in [-0.39, 0.29) is 11.3 Å². The number of carboxylic acid groups (broad SMARTS) is 1. The average molecular weight is 299 g/mol. The number of benzene rings is 2. The molecule has 0 saturated heterocycles. The van der Waals surface area contributed by atoms with Gasteiger partial charge in [0.05, 0.1) is 10.8 Å². The Hall–Kier alpha value is -3.02. The van der Waals surface area contributed by atoms with Crippen LogP contribution in [0.3, 0.4) is 0 Å². The van der Waals surface area contributed by atoms with Gasteiger partial charge in [-0.15, -0.1) is 0 Å². The third kappa shape index (κ3) is 3.01. The Bertz CT molecular complexity index is 739. The molecule has 0 spiro atoms. The summed E-state index contributed by atoms with van der Waals surface area (Å²) in [6, 6.07) is 12.0. The zero-order valence-corrected chi connectivity index (χ0v) is 11.7. The molecule has 2 aromatic carbocycles. The Morgan fingerprint density at radius 1 is 1.14 bits per heavy atom. The van der Waals surface area contributed by atoms with E-state index in [0.717, 1.165) is 0 Å². The van der Waals surface area contributed by atoms with Gasteiger partial charge in [0.1, 0.15) is 5.56 Å². The molecule has 0 aliphatic heterocycles. The predicted octanol–water partition coefficient (Wildman–Crippen LogP) is 3.01. The topological polar surface area (TPSA) is 97.5 Å². The summed E-state index contributed by atoms with van der Waals surface area (Å²) in [4.78, 5) is 34.0. The first kappa shape index (κ1) is 15.4. The van der Waals surface area contributed by atoms with Crippen molar-refractivity contribution in [1.29, 1.82) is 0 Å². The van der Waals surface area contributed by atoms with Crippen molar-refractivity contribution in [2.45, 2.75) is 12.8 Å². The maximum absolute atomic E-state index is 12.5. The summed E-state index contributed by atoms with van der Waals surface area (Å²) in [5.74, 6) is -2.43. The van der Waals surface area contributed by atoms with Gasteiger partial charge in [-0.05, 0) is 18.6 Å². The van der Waals surface area contributed by atoms with E-state index < -0.39 is 22.6 Å². The molecule has 0 saturated carbocycles. The van der Waals surface area contributed by atoms with Gasteiger partial charge in [-0.2, -0.15) is 0 Å². The van der Waals surface area contributed by atoms with Crippen molar-refractivity contribution in [3.8, 4) is 0 Å². The molecule has 22 heavy (non-hydrogen) atoms. The standard InChI is InChI=1S/C16H13NO5/c1-10(16(19)20)12-7-8-14(17(21)22)13(9-12)15(18)11-5-3-2-4-6-11/h2-10H,1H3,(H,19,20). The molecule has 1 unspecified atom stereocenters. The lowest BCUT2D eigenvalue weighted by Gasteiger charge is -2.09. The number of carbonyl (C=O) groups excluding carboxylic acids is 1. The summed E-state index contributed by atoms with van der Waals surface area (Å²) in [6.45, 7) is 1.46. The maximum Gasteiger partial charge on any atom is 0.310 e. The van der Waals surface area contributed by atoms with Gasteiger partial charge in [-0.1, -0.05) is 36.4 Å². The van der Waals surface area contributed by atoms with Crippen LogP contribution < -0.4 is 0 Å². The Kier molecular flexibility index (Phi) is 4.31. The zero-order chi connectivity index (χ0) is 16.3. The van der Waals surface area contributed by atoms with E-state index in [4.69, 9.17) is 5.11 Å². The highest BCUT2D eigenvalue weighted by molar-refractivity contribution is 6.11. The third-order valence-corrected chi connectivity index (χ3v) is 3.37. The number of aliphatic carboxylic acids is 1. The van der Waals surface area contributed by atoms with Gasteiger partial charge in [0.2, 0.25) is 0 Å². The van der Waals surface area contributed by atoms with Crippen LogP contribution in [0.5, 0.6) is 0 Å².